The molecule has 0 spiro atoms. The van der Waals surface area contributed by atoms with Crippen molar-refractivity contribution in [1.82, 2.24) is 4.98 Å². The van der Waals surface area contributed by atoms with Gasteiger partial charge in [0.2, 0.25) is 0 Å². The van der Waals surface area contributed by atoms with Gasteiger partial charge in [0.25, 0.3) is 0 Å². The summed E-state index contributed by atoms with van der Waals surface area (Å²) in [6, 6.07) is 3.09. The van der Waals surface area contributed by atoms with Crippen LogP contribution >= 0.6 is 11.8 Å². The number of rotatable bonds is 15. The van der Waals surface area contributed by atoms with Gasteiger partial charge >= 0.3 is 5.97 Å². The van der Waals surface area contributed by atoms with Gasteiger partial charge in [-0.25, -0.2) is 9.78 Å². The van der Waals surface area contributed by atoms with E-state index in [1.165, 1.54) is 22.3 Å². The molecule has 1 aromatic heterocycles. The predicted molar refractivity (Wildman–Crippen MR) is 145 cm³/mol. The molecule has 0 aliphatic carbocycles. The molecule has 1 unspecified atom stereocenters. The van der Waals surface area contributed by atoms with Crippen LogP contribution in [0.25, 0.3) is 0 Å². The van der Waals surface area contributed by atoms with Crippen molar-refractivity contribution in [2.24, 2.45) is 0 Å². The van der Waals surface area contributed by atoms with Crippen LogP contribution in [-0.4, -0.2) is 33.6 Å². The Bertz CT molecular complexity index is 843. The first-order valence-corrected chi connectivity index (χ1v) is 12.9. The fraction of sp³-hybridized carbons (Fsp3) is 0.500. The van der Waals surface area contributed by atoms with Gasteiger partial charge in [0.1, 0.15) is 11.9 Å². The van der Waals surface area contributed by atoms with E-state index < -0.39 is 12.0 Å². The molecule has 182 valence electrons. The summed E-state index contributed by atoms with van der Waals surface area (Å²) in [4.78, 5) is 15.9. The largest absolute Gasteiger partial charge is 0.480 e. The first-order chi connectivity index (χ1) is 15.7. The minimum Gasteiger partial charge on any atom is -0.480 e. The molecule has 0 saturated heterocycles. The highest BCUT2D eigenvalue weighted by Crippen LogP contribution is 2.18. The molecule has 0 saturated carbocycles. The van der Waals surface area contributed by atoms with E-state index in [0.717, 1.165) is 43.4 Å². The number of thioether (sulfide) groups is 1. The summed E-state index contributed by atoms with van der Waals surface area (Å²) in [6.07, 6.45) is 16.2. The van der Waals surface area contributed by atoms with Crippen LogP contribution in [0.5, 0.6) is 0 Å². The number of anilines is 1. The van der Waals surface area contributed by atoms with Crippen molar-refractivity contribution in [1.29, 1.82) is 0 Å². The third-order valence-corrected chi connectivity index (χ3v) is 6.10. The van der Waals surface area contributed by atoms with Crippen molar-refractivity contribution in [2.45, 2.75) is 79.7 Å². The molecule has 0 aromatic carbocycles. The number of aromatic nitrogens is 1. The molecular formula is C28H42N2O2S. The van der Waals surface area contributed by atoms with Gasteiger partial charge in [0.15, 0.2) is 0 Å². The van der Waals surface area contributed by atoms with Gasteiger partial charge in [0, 0.05) is 17.7 Å². The molecule has 0 aliphatic heterocycles. The monoisotopic (exact) mass is 470 g/mol. The number of aliphatic carboxylic acids is 1. The number of pyridine rings is 1. The lowest BCUT2D eigenvalue weighted by atomic mass is 10.0. The Hall–Kier alpha value is -2.27. The highest BCUT2D eigenvalue weighted by molar-refractivity contribution is 7.99. The van der Waals surface area contributed by atoms with Gasteiger partial charge in [-0.2, -0.15) is 11.8 Å². The van der Waals surface area contributed by atoms with Crippen LogP contribution in [0.4, 0.5) is 5.82 Å². The number of hydrogen-bond acceptors (Lipinski definition) is 4. The molecule has 5 heteroatoms. The minimum absolute atomic E-state index is 0.487. The van der Waals surface area contributed by atoms with Crippen molar-refractivity contribution in [2.75, 3.05) is 16.8 Å². The van der Waals surface area contributed by atoms with E-state index in [2.05, 4.69) is 69.2 Å². The highest BCUT2D eigenvalue weighted by Gasteiger charge is 2.17. The molecule has 0 radical (unpaired) electrons. The van der Waals surface area contributed by atoms with Crippen molar-refractivity contribution < 1.29 is 9.90 Å². The predicted octanol–water partition coefficient (Wildman–Crippen LogP) is 7.74. The standard InChI is InChI=1S/C28H42N2O2S/c1-21(2)9-7-10-23(5)11-8-12-25(15-13-22(3)4)17-18-33-20-26(28(31)32)30-27-16-14-24(6)19-29-27/h9,11,13-14,16-17,19,26H,7-8,10,12,15,18,20H2,1-6H3,(H,29,30)(H,31,32)/b23-11+,25-17-. The number of allylic oxidation sites excluding steroid dienone is 7. The number of carbonyl (C=O) groups is 1. The van der Waals surface area contributed by atoms with Crippen LogP contribution in [0.3, 0.4) is 0 Å². The average Bonchev–Trinajstić information content (AvgIpc) is 2.74. The van der Waals surface area contributed by atoms with Gasteiger partial charge in [0.05, 0.1) is 0 Å². The zero-order valence-electron chi connectivity index (χ0n) is 21.3. The van der Waals surface area contributed by atoms with E-state index in [0.29, 0.717) is 11.6 Å². The molecular weight excluding hydrogens is 428 g/mol. The average molecular weight is 471 g/mol. The Labute approximate surface area is 205 Å². The summed E-state index contributed by atoms with van der Waals surface area (Å²) in [5, 5.41) is 12.6. The quantitative estimate of drug-likeness (QED) is 0.203. The number of hydrogen-bond donors (Lipinski definition) is 2. The van der Waals surface area contributed by atoms with Crippen LogP contribution < -0.4 is 5.32 Å². The first kappa shape index (κ1) is 28.8. The minimum atomic E-state index is -0.854. The molecule has 0 fully saturated rings. The van der Waals surface area contributed by atoms with Crippen molar-refractivity contribution in [3.63, 3.8) is 0 Å². The third kappa shape index (κ3) is 14.5. The Kier molecular flexibility index (Phi) is 14.3. The lowest BCUT2D eigenvalue weighted by Crippen LogP contribution is -2.32. The number of aryl methyl sites for hydroxylation is 1. The Morgan fingerprint density at radius 2 is 1.73 bits per heavy atom. The zero-order chi connectivity index (χ0) is 24.6. The summed E-state index contributed by atoms with van der Waals surface area (Å²) in [6.45, 7) is 12.7. The SMILES string of the molecule is CC(C)=CCC/C(C)=C/CC/C(=C/CSCC(Nc1ccc(C)cn1)C(=O)O)CC=C(C)C. The van der Waals surface area contributed by atoms with Crippen molar-refractivity contribution >= 4 is 23.5 Å². The molecule has 0 aliphatic rings. The molecule has 2 N–H and O–H groups in total. The first-order valence-electron chi connectivity index (χ1n) is 11.8. The van der Waals surface area contributed by atoms with Gasteiger partial charge in [-0.05, 0) is 85.3 Å². The topological polar surface area (TPSA) is 62.2 Å². The van der Waals surface area contributed by atoms with E-state index in [9.17, 15) is 9.90 Å². The second-order valence-electron chi connectivity index (χ2n) is 9.05. The van der Waals surface area contributed by atoms with Gasteiger partial charge in [-0.15, -0.1) is 0 Å². The van der Waals surface area contributed by atoms with Crippen molar-refractivity contribution in [3.05, 3.63) is 70.5 Å². The molecule has 0 bridgehead atoms. The van der Waals surface area contributed by atoms with E-state index in [-0.39, 0.29) is 0 Å². The van der Waals surface area contributed by atoms with E-state index in [4.69, 9.17) is 0 Å². The summed E-state index contributed by atoms with van der Waals surface area (Å²) < 4.78 is 0. The Morgan fingerprint density at radius 1 is 1.03 bits per heavy atom. The fourth-order valence-corrected chi connectivity index (χ4v) is 4.04. The lowest BCUT2D eigenvalue weighted by Gasteiger charge is -2.14. The molecule has 0 amide bonds. The number of carboxylic acid groups (broad SMARTS) is 1. The Morgan fingerprint density at radius 3 is 2.33 bits per heavy atom. The van der Waals surface area contributed by atoms with E-state index in [1.54, 1.807) is 18.0 Å². The van der Waals surface area contributed by atoms with Crippen LogP contribution in [0.15, 0.2) is 64.9 Å². The maximum absolute atomic E-state index is 11.7. The van der Waals surface area contributed by atoms with Gasteiger partial charge in [-0.3, -0.25) is 0 Å². The zero-order valence-corrected chi connectivity index (χ0v) is 22.1. The van der Waals surface area contributed by atoms with Crippen LogP contribution in [-0.2, 0) is 4.79 Å². The molecule has 1 aromatic rings. The normalized spacial score (nSPS) is 12.8. The molecule has 33 heavy (non-hydrogen) atoms. The van der Waals surface area contributed by atoms with Crippen molar-refractivity contribution in [3.8, 4) is 0 Å². The van der Waals surface area contributed by atoms with Crippen LogP contribution in [0.2, 0.25) is 0 Å². The Balaban J connectivity index is 2.60. The molecule has 4 nitrogen and oxygen atoms in total. The number of nitrogens with zero attached hydrogens (tertiary/aromatic N) is 1. The third-order valence-electron chi connectivity index (χ3n) is 5.13. The van der Waals surface area contributed by atoms with Crippen LogP contribution in [0.1, 0.15) is 72.3 Å². The highest BCUT2D eigenvalue weighted by atomic mass is 32.2. The lowest BCUT2D eigenvalue weighted by molar-refractivity contribution is -0.137. The maximum atomic E-state index is 11.7. The summed E-state index contributed by atoms with van der Waals surface area (Å²) >= 11 is 1.64. The second kappa shape index (κ2) is 16.4. The smallest absolute Gasteiger partial charge is 0.327 e. The number of carboxylic acids is 1. The summed E-state index contributed by atoms with van der Waals surface area (Å²) in [5.41, 5.74) is 6.61. The van der Waals surface area contributed by atoms with Gasteiger partial charge in [-0.1, -0.05) is 52.7 Å². The maximum Gasteiger partial charge on any atom is 0.327 e. The second-order valence-corrected chi connectivity index (χ2v) is 10.1. The molecule has 1 heterocycles. The summed E-state index contributed by atoms with van der Waals surface area (Å²) in [5.74, 6) is 1.04. The number of nitrogens with one attached hydrogen (secondary N) is 1. The summed E-state index contributed by atoms with van der Waals surface area (Å²) in [7, 11) is 0. The van der Waals surface area contributed by atoms with E-state index >= 15 is 0 Å². The van der Waals surface area contributed by atoms with Crippen LogP contribution in [0, 0.1) is 6.92 Å². The van der Waals surface area contributed by atoms with E-state index in [1.807, 2.05) is 19.1 Å². The fourth-order valence-electron chi connectivity index (χ4n) is 3.09. The molecule has 1 rings (SSSR count). The molecule has 1 atom stereocenters. The van der Waals surface area contributed by atoms with Gasteiger partial charge < -0.3 is 10.4 Å².